The Balaban J connectivity index is 2.33. The Bertz CT molecular complexity index is 804. The molecule has 1 aliphatic rings. The molecule has 1 aromatic carbocycles. The average molecular weight is 474 g/mol. The van der Waals surface area contributed by atoms with Crippen LogP contribution >= 0.6 is 34.4 Å². The third-order valence-electron chi connectivity index (χ3n) is 2.78. The highest BCUT2D eigenvalue weighted by atomic mass is 127. The topological polar surface area (TPSA) is 94.1 Å². The summed E-state index contributed by atoms with van der Waals surface area (Å²) in [4.78, 5) is 38.4. The molecule has 1 N–H and O–H groups in total. The zero-order chi connectivity index (χ0) is 18.6. The minimum absolute atomic E-state index is 0.250. The number of nitrogens with one attached hydrogen (secondary N) is 1. The molecule has 2 rings (SSSR count). The van der Waals surface area contributed by atoms with Gasteiger partial charge in [-0.15, -0.1) is 0 Å². The molecule has 1 aromatic rings. The first kappa shape index (κ1) is 19.4. The SMILES string of the molecule is CCOc1cc(/C=C2/SC(NC(C)=O)=NC2=O)cc(I)c1OC(C)=O. The van der Waals surface area contributed by atoms with Crippen molar-refractivity contribution in [3.8, 4) is 11.5 Å². The summed E-state index contributed by atoms with van der Waals surface area (Å²) < 4.78 is 11.4. The number of carbonyl (C=O) groups excluding carboxylic acids is 3. The first-order valence-electron chi connectivity index (χ1n) is 7.25. The molecule has 0 aromatic heterocycles. The quantitative estimate of drug-likeness (QED) is 0.312. The average Bonchev–Trinajstić information content (AvgIpc) is 2.81. The number of thioether (sulfide) groups is 1. The van der Waals surface area contributed by atoms with Gasteiger partial charge in [0.1, 0.15) is 0 Å². The van der Waals surface area contributed by atoms with Gasteiger partial charge < -0.3 is 14.8 Å². The molecular formula is C16H15IN2O5S. The van der Waals surface area contributed by atoms with E-state index in [0.29, 0.717) is 32.1 Å². The maximum Gasteiger partial charge on any atom is 0.308 e. The predicted molar refractivity (Wildman–Crippen MR) is 103 cm³/mol. The highest BCUT2D eigenvalue weighted by Gasteiger charge is 2.23. The molecule has 1 aliphatic heterocycles. The van der Waals surface area contributed by atoms with Gasteiger partial charge in [-0.3, -0.25) is 14.4 Å². The molecule has 0 saturated heterocycles. The Morgan fingerprint density at radius 1 is 1.36 bits per heavy atom. The summed E-state index contributed by atoms with van der Waals surface area (Å²) in [5, 5.41) is 2.74. The zero-order valence-corrected chi connectivity index (χ0v) is 16.7. The summed E-state index contributed by atoms with van der Waals surface area (Å²) in [6.07, 6.45) is 1.65. The van der Waals surface area contributed by atoms with E-state index in [4.69, 9.17) is 9.47 Å². The van der Waals surface area contributed by atoms with E-state index in [9.17, 15) is 14.4 Å². The van der Waals surface area contributed by atoms with Gasteiger partial charge in [0.05, 0.1) is 15.1 Å². The second kappa shape index (κ2) is 8.48. The fourth-order valence-electron chi connectivity index (χ4n) is 1.94. The normalized spacial score (nSPS) is 15.1. The van der Waals surface area contributed by atoms with Crippen molar-refractivity contribution in [2.24, 2.45) is 4.99 Å². The molecule has 0 unspecified atom stereocenters. The van der Waals surface area contributed by atoms with Crippen molar-refractivity contribution in [3.05, 3.63) is 26.2 Å². The van der Waals surface area contributed by atoms with Crippen LogP contribution in [-0.2, 0) is 14.4 Å². The lowest BCUT2D eigenvalue weighted by molar-refractivity contribution is -0.132. The lowest BCUT2D eigenvalue weighted by Gasteiger charge is -2.12. The van der Waals surface area contributed by atoms with E-state index in [-0.39, 0.29) is 11.1 Å². The molecule has 0 saturated carbocycles. The van der Waals surface area contributed by atoms with E-state index in [1.54, 1.807) is 18.2 Å². The van der Waals surface area contributed by atoms with E-state index >= 15 is 0 Å². The Hall–Kier alpha value is -1.88. The van der Waals surface area contributed by atoms with Crippen LogP contribution in [0.25, 0.3) is 6.08 Å². The van der Waals surface area contributed by atoms with Crippen LogP contribution in [0.15, 0.2) is 22.0 Å². The van der Waals surface area contributed by atoms with Gasteiger partial charge in [0.25, 0.3) is 5.91 Å². The monoisotopic (exact) mass is 474 g/mol. The van der Waals surface area contributed by atoms with Crippen molar-refractivity contribution in [1.29, 1.82) is 0 Å². The first-order valence-corrected chi connectivity index (χ1v) is 9.14. The smallest absolute Gasteiger partial charge is 0.308 e. The fourth-order valence-corrected chi connectivity index (χ4v) is 3.54. The van der Waals surface area contributed by atoms with E-state index in [2.05, 4.69) is 10.3 Å². The van der Waals surface area contributed by atoms with Gasteiger partial charge in [0, 0.05) is 13.8 Å². The van der Waals surface area contributed by atoms with E-state index in [1.165, 1.54) is 13.8 Å². The van der Waals surface area contributed by atoms with Crippen molar-refractivity contribution in [3.63, 3.8) is 0 Å². The number of hydrogen-bond donors (Lipinski definition) is 1. The van der Waals surface area contributed by atoms with Gasteiger partial charge >= 0.3 is 5.97 Å². The minimum atomic E-state index is -0.445. The molecule has 0 fully saturated rings. The Morgan fingerprint density at radius 3 is 2.68 bits per heavy atom. The minimum Gasteiger partial charge on any atom is -0.490 e. The van der Waals surface area contributed by atoms with Gasteiger partial charge in [-0.25, -0.2) is 0 Å². The number of ether oxygens (including phenoxy) is 2. The number of rotatable bonds is 4. The molecule has 132 valence electrons. The van der Waals surface area contributed by atoms with Crippen LogP contribution < -0.4 is 14.8 Å². The number of esters is 1. The summed E-state index contributed by atoms with van der Waals surface area (Å²) in [7, 11) is 0. The summed E-state index contributed by atoms with van der Waals surface area (Å²) in [6.45, 7) is 4.88. The van der Waals surface area contributed by atoms with Crippen LogP contribution in [0, 0.1) is 3.57 Å². The summed E-state index contributed by atoms with van der Waals surface area (Å²) >= 11 is 3.12. The van der Waals surface area contributed by atoms with Crippen LogP contribution in [0.3, 0.4) is 0 Å². The van der Waals surface area contributed by atoms with Crippen molar-refractivity contribution in [1.82, 2.24) is 5.32 Å². The molecular weight excluding hydrogens is 459 g/mol. The first-order chi connectivity index (χ1) is 11.8. The number of halogens is 1. The number of hydrogen-bond acceptors (Lipinski definition) is 6. The van der Waals surface area contributed by atoms with Crippen LogP contribution in [-0.4, -0.2) is 29.6 Å². The molecule has 0 bridgehead atoms. The zero-order valence-electron chi connectivity index (χ0n) is 13.7. The molecule has 1 heterocycles. The van der Waals surface area contributed by atoms with Crippen molar-refractivity contribution >= 4 is 63.4 Å². The maximum absolute atomic E-state index is 11.9. The van der Waals surface area contributed by atoms with Crippen LogP contribution in [0.1, 0.15) is 26.3 Å². The third-order valence-corrected chi connectivity index (χ3v) is 4.48. The number of benzene rings is 1. The number of nitrogens with zero attached hydrogens (tertiary/aromatic N) is 1. The van der Waals surface area contributed by atoms with Crippen LogP contribution in [0.2, 0.25) is 0 Å². The van der Waals surface area contributed by atoms with E-state index in [1.807, 2.05) is 29.5 Å². The maximum atomic E-state index is 11.9. The highest BCUT2D eigenvalue weighted by molar-refractivity contribution is 14.1. The van der Waals surface area contributed by atoms with Crippen molar-refractivity contribution < 1.29 is 23.9 Å². The second-order valence-electron chi connectivity index (χ2n) is 4.87. The third kappa shape index (κ3) is 5.30. The molecule has 0 radical (unpaired) electrons. The Kier molecular flexibility index (Phi) is 6.59. The number of carbonyl (C=O) groups is 3. The van der Waals surface area contributed by atoms with Gasteiger partial charge in [-0.1, -0.05) is 0 Å². The highest BCUT2D eigenvalue weighted by Crippen LogP contribution is 2.36. The van der Waals surface area contributed by atoms with E-state index < -0.39 is 11.9 Å². The predicted octanol–water partition coefficient (Wildman–Crippen LogP) is 2.72. The lowest BCUT2D eigenvalue weighted by atomic mass is 10.2. The summed E-state index contributed by atoms with van der Waals surface area (Å²) in [6, 6.07) is 3.44. The number of aliphatic imine (C=N–C) groups is 1. The van der Waals surface area contributed by atoms with Crippen molar-refractivity contribution in [2.45, 2.75) is 20.8 Å². The number of amides is 2. The van der Waals surface area contributed by atoms with Crippen LogP contribution in [0.5, 0.6) is 11.5 Å². The van der Waals surface area contributed by atoms with E-state index in [0.717, 1.165) is 11.8 Å². The summed E-state index contributed by atoms with van der Waals surface area (Å²) in [5.74, 6) is -0.405. The largest absolute Gasteiger partial charge is 0.490 e. The molecule has 0 aliphatic carbocycles. The van der Waals surface area contributed by atoms with Gasteiger partial charge in [0.2, 0.25) is 5.91 Å². The molecule has 0 spiro atoms. The molecule has 25 heavy (non-hydrogen) atoms. The lowest BCUT2D eigenvalue weighted by Crippen LogP contribution is -2.23. The number of amidine groups is 1. The summed E-state index contributed by atoms with van der Waals surface area (Å²) in [5.41, 5.74) is 0.693. The van der Waals surface area contributed by atoms with Gasteiger partial charge in [0.15, 0.2) is 16.7 Å². The fraction of sp³-hybridized carbons (Fsp3) is 0.250. The van der Waals surface area contributed by atoms with Gasteiger partial charge in [-0.2, -0.15) is 4.99 Å². The van der Waals surface area contributed by atoms with Gasteiger partial charge in [-0.05, 0) is 65.0 Å². The Labute approximate surface area is 162 Å². The molecule has 7 nitrogen and oxygen atoms in total. The standard InChI is InChI=1S/C16H15IN2O5S/c1-4-23-12-6-10(5-11(17)14(12)24-9(3)21)7-13-15(22)19-16(25-13)18-8(2)20/h5-7H,4H2,1-3H3,(H,18,19,20,22)/b13-7+. The van der Waals surface area contributed by atoms with Crippen molar-refractivity contribution in [2.75, 3.05) is 6.61 Å². The molecule has 0 atom stereocenters. The molecule has 2 amide bonds. The molecule has 9 heteroatoms. The van der Waals surface area contributed by atoms with Crippen LogP contribution in [0.4, 0.5) is 0 Å². The second-order valence-corrected chi connectivity index (χ2v) is 7.06. The Morgan fingerprint density at radius 2 is 2.08 bits per heavy atom.